The van der Waals surface area contributed by atoms with E-state index in [1.54, 1.807) is 0 Å². The standard InChI is InChI=1S/C10H13N3O/c1-12-5-7-4-8-2-3-9(10(7)11-12)13(8)6-14/h5-6,8-9H,2-4H2,1H3. The Morgan fingerprint density at radius 1 is 1.57 bits per heavy atom. The molecule has 4 heteroatoms. The predicted molar refractivity (Wildman–Crippen MR) is 50.6 cm³/mol. The average molecular weight is 191 g/mol. The van der Waals surface area contributed by atoms with E-state index in [0.717, 1.165) is 31.4 Å². The highest BCUT2D eigenvalue weighted by atomic mass is 16.1. The van der Waals surface area contributed by atoms with Crippen molar-refractivity contribution in [2.45, 2.75) is 31.3 Å². The van der Waals surface area contributed by atoms with Gasteiger partial charge in [-0.05, 0) is 24.8 Å². The van der Waals surface area contributed by atoms with Crippen LogP contribution in [0.4, 0.5) is 0 Å². The van der Waals surface area contributed by atoms with Crippen molar-refractivity contribution < 1.29 is 4.79 Å². The van der Waals surface area contributed by atoms with E-state index < -0.39 is 0 Å². The molecule has 74 valence electrons. The highest BCUT2D eigenvalue weighted by molar-refractivity contribution is 5.52. The fraction of sp³-hybridized carbons (Fsp3) is 0.600. The van der Waals surface area contributed by atoms with Crippen LogP contribution >= 0.6 is 0 Å². The van der Waals surface area contributed by atoms with Gasteiger partial charge in [0, 0.05) is 19.3 Å². The number of amides is 1. The Bertz CT molecular complexity index is 385. The summed E-state index contributed by atoms with van der Waals surface area (Å²) >= 11 is 0. The first-order valence-electron chi connectivity index (χ1n) is 5.04. The fourth-order valence-corrected chi connectivity index (χ4v) is 2.79. The van der Waals surface area contributed by atoms with Gasteiger partial charge in [0.1, 0.15) is 0 Å². The molecule has 14 heavy (non-hydrogen) atoms. The van der Waals surface area contributed by atoms with Gasteiger partial charge in [0.05, 0.1) is 11.7 Å². The number of fused-ring (bicyclic) bond motifs is 4. The second-order valence-corrected chi connectivity index (χ2v) is 4.22. The van der Waals surface area contributed by atoms with Gasteiger partial charge in [0.15, 0.2) is 0 Å². The van der Waals surface area contributed by atoms with Crippen molar-refractivity contribution >= 4 is 6.41 Å². The van der Waals surface area contributed by atoms with Crippen molar-refractivity contribution in [3.63, 3.8) is 0 Å². The normalized spacial score (nSPS) is 29.1. The molecule has 3 heterocycles. The van der Waals surface area contributed by atoms with Crippen LogP contribution in [0.5, 0.6) is 0 Å². The van der Waals surface area contributed by atoms with Gasteiger partial charge in [-0.15, -0.1) is 0 Å². The Balaban J connectivity index is 2.09. The molecular formula is C10H13N3O. The van der Waals surface area contributed by atoms with Gasteiger partial charge < -0.3 is 4.90 Å². The summed E-state index contributed by atoms with van der Waals surface area (Å²) in [7, 11) is 1.94. The van der Waals surface area contributed by atoms with Crippen LogP contribution in [0.15, 0.2) is 6.20 Å². The van der Waals surface area contributed by atoms with E-state index in [1.165, 1.54) is 5.56 Å². The van der Waals surface area contributed by atoms with Crippen LogP contribution in [0.2, 0.25) is 0 Å². The zero-order chi connectivity index (χ0) is 9.71. The quantitative estimate of drug-likeness (QED) is 0.611. The number of aromatic nitrogens is 2. The van der Waals surface area contributed by atoms with Gasteiger partial charge in [-0.3, -0.25) is 9.48 Å². The molecule has 2 atom stereocenters. The van der Waals surface area contributed by atoms with Gasteiger partial charge in [-0.1, -0.05) is 0 Å². The molecule has 3 rings (SSSR count). The van der Waals surface area contributed by atoms with Gasteiger partial charge in [-0.2, -0.15) is 5.10 Å². The fourth-order valence-electron chi connectivity index (χ4n) is 2.79. The number of hydrogen-bond donors (Lipinski definition) is 0. The Hall–Kier alpha value is -1.32. The third kappa shape index (κ3) is 0.882. The minimum absolute atomic E-state index is 0.252. The van der Waals surface area contributed by atoms with E-state index in [2.05, 4.69) is 11.3 Å². The molecule has 0 spiro atoms. The van der Waals surface area contributed by atoms with E-state index in [0.29, 0.717) is 6.04 Å². The van der Waals surface area contributed by atoms with Crippen LogP contribution < -0.4 is 0 Å². The highest BCUT2D eigenvalue weighted by Crippen LogP contribution is 2.41. The predicted octanol–water partition coefficient (Wildman–Crippen LogP) is 0.638. The Morgan fingerprint density at radius 3 is 3.21 bits per heavy atom. The Morgan fingerprint density at radius 2 is 2.43 bits per heavy atom. The van der Waals surface area contributed by atoms with Crippen LogP contribution in [0.3, 0.4) is 0 Å². The number of hydrogen-bond acceptors (Lipinski definition) is 2. The van der Waals surface area contributed by atoms with Crippen LogP contribution in [0.1, 0.15) is 30.1 Å². The lowest BCUT2D eigenvalue weighted by atomic mass is 10.0. The molecule has 1 saturated heterocycles. The maximum absolute atomic E-state index is 10.9. The lowest BCUT2D eigenvalue weighted by Gasteiger charge is -2.30. The van der Waals surface area contributed by atoms with E-state index in [1.807, 2.05) is 16.6 Å². The molecule has 0 N–H and O–H groups in total. The summed E-state index contributed by atoms with van der Waals surface area (Å²) in [6.07, 6.45) is 6.26. The molecule has 1 aromatic heterocycles. The summed E-state index contributed by atoms with van der Waals surface area (Å²) in [6, 6.07) is 0.677. The molecule has 0 saturated carbocycles. The summed E-state index contributed by atoms with van der Waals surface area (Å²) in [5.41, 5.74) is 2.45. The first kappa shape index (κ1) is 8.03. The molecular weight excluding hydrogens is 178 g/mol. The van der Waals surface area contributed by atoms with Crippen molar-refractivity contribution in [3.05, 3.63) is 17.5 Å². The van der Waals surface area contributed by atoms with Crippen molar-refractivity contribution in [1.82, 2.24) is 14.7 Å². The number of aryl methyl sites for hydroxylation is 1. The summed E-state index contributed by atoms with van der Waals surface area (Å²) in [5, 5.41) is 4.44. The third-order valence-corrected chi connectivity index (χ3v) is 3.38. The summed E-state index contributed by atoms with van der Waals surface area (Å²) in [4.78, 5) is 12.9. The zero-order valence-electron chi connectivity index (χ0n) is 8.18. The Kier molecular flexibility index (Phi) is 1.48. The largest absolute Gasteiger partial charge is 0.333 e. The van der Waals surface area contributed by atoms with Crippen molar-refractivity contribution in [3.8, 4) is 0 Å². The van der Waals surface area contributed by atoms with Crippen LogP contribution in [-0.4, -0.2) is 27.1 Å². The van der Waals surface area contributed by atoms with Gasteiger partial charge >= 0.3 is 0 Å². The molecule has 2 bridgehead atoms. The minimum Gasteiger partial charge on any atom is -0.333 e. The topological polar surface area (TPSA) is 38.1 Å². The van der Waals surface area contributed by atoms with Gasteiger partial charge in [0.25, 0.3) is 0 Å². The molecule has 1 fully saturated rings. The van der Waals surface area contributed by atoms with Crippen LogP contribution in [-0.2, 0) is 18.3 Å². The SMILES string of the molecule is Cn1cc2c(n1)C1CCC(C2)N1C=O. The summed E-state index contributed by atoms with van der Waals surface area (Å²) < 4.78 is 1.86. The summed E-state index contributed by atoms with van der Waals surface area (Å²) in [6.45, 7) is 0. The lowest BCUT2D eigenvalue weighted by Crippen LogP contribution is -2.36. The number of carbonyl (C=O) groups excluding carboxylic acids is 1. The number of carbonyl (C=O) groups is 1. The Labute approximate surface area is 82.5 Å². The van der Waals surface area contributed by atoms with Crippen molar-refractivity contribution in [2.24, 2.45) is 7.05 Å². The van der Waals surface area contributed by atoms with Gasteiger partial charge in [-0.25, -0.2) is 0 Å². The maximum atomic E-state index is 10.9. The molecule has 1 amide bonds. The molecule has 2 aliphatic heterocycles. The molecule has 4 nitrogen and oxygen atoms in total. The second-order valence-electron chi connectivity index (χ2n) is 4.22. The van der Waals surface area contributed by atoms with E-state index in [-0.39, 0.29) is 6.04 Å². The first-order chi connectivity index (χ1) is 6.79. The summed E-state index contributed by atoms with van der Waals surface area (Å²) in [5.74, 6) is 0. The molecule has 0 aliphatic carbocycles. The second kappa shape index (κ2) is 2.59. The van der Waals surface area contributed by atoms with Crippen molar-refractivity contribution in [1.29, 1.82) is 0 Å². The van der Waals surface area contributed by atoms with E-state index in [9.17, 15) is 4.79 Å². The molecule has 1 aromatic rings. The smallest absolute Gasteiger partial charge is 0.210 e. The number of nitrogens with zero attached hydrogens (tertiary/aromatic N) is 3. The van der Waals surface area contributed by atoms with E-state index >= 15 is 0 Å². The lowest BCUT2D eigenvalue weighted by molar-refractivity contribution is -0.121. The third-order valence-electron chi connectivity index (χ3n) is 3.38. The van der Waals surface area contributed by atoms with Crippen molar-refractivity contribution in [2.75, 3.05) is 0 Å². The first-order valence-corrected chi connectivity index (χ1v) is 5.04. The zero-order valence-corrected chi connectivity index (χ0v) is 8.18. The molecule has 0 aromatic carbocycles. The maximum Gasteiger partial charge on any atom is 0.210 e. The monoisotopic (exact) mass is 191 g/mol. The van der Waals surface area contributed by atoms with Gasteiger partial charge in [0.2, 0.25) is 6.41 Å². The number of rotatable bonds is 1. The van der Waals surface area contributed by atoms with Crippen LogP contribution in [0.25, 0.3) is 0 Å². The minimum atomic E-state index is 0.252. The molecule has 0 radical (unpaired) electrons. The average Bonchev–Trinajstić information content (AvgIpc) is 2.67. The highest BCUT2D eigenvalue weighted by Gasteiger charge is 2.40. The molecule has 2 unspecified atom stereocenters. The van der Waals surface area contributed by atoms with Crippen LogP contribution in [0, 0.1) is 0 Å². The molecule has 2 aliphatic rings. The van der Waals surface area contributed by atoms with E-state index in [4.69, 9.17) is 0 Å².